The highest BCUT2D eigenvalue weighted by molar-refractivity contribution is 4.61. The van der Waals surface area contributed by atoms with E-state index in [-0.39, 0.29) is 0 Å². The van der Waals surface area contributed by atoms with Crippen molar-refractivity contribution in [2.45, 2.75) is 157 Å². The molecule has 0 fully saturated rings. The van der Waals surface area contributed by atoms with Crippen LogP contribution >= 0.6 is 0 Å². The van der Waals surface area contributed by atoms with E-state index < -0.39 is 0 Å². The second kappa shape index (κ2) is 20.3. The van der Waals surface area contributed by atoms with E-state index >= 15 is 0 Å². The minimum Gasteiger partial charge on any atom is -0.275 e. The van der Waals surface area contributed by atoms with Crippen molar-refractivity contribution >= 4 is 0 Å². The van der Waals surface area contributed by atoms with Gasteiger partial charge in [0.15, 0.2) is 0 Å². The van der Waals surface area contributed by atoms with E-state index in [1.54, 1.807) is 0 Å². The van der Waals surface area contributed by atoms with E-state index in [9.17, 15) is 0 Å². The molecule has 0 atom stereocenters. The molecule has 0 rings (SSSR count). The Kier molecular flexibility index (Phi) is 20.3. The van der Waals surface area contributed by atoms with E-state index in [0.29, 0.717) is 0 Å². The van der Waals surface area contributed by atoms with Crippen LogP contribution < -0.4 is 0 Å². The summed E-state index contributed by atoms with van der Waals surface area (Å²) in [6.07, 6.45) is 23.0. The normalized spacial score (nSPS) is 12.8. The first-order valence-electron chi connectivity index (χ1n) is 15.3. The van der Waals surface area contributed by atoms with Crippen molar-refractivity contribution in [1.82, 2.24) is 0 Å². The molecule has 2 heteroatoms. The van der Waals surface area contributed by atoms with Gasteiger partial charge in [-0.15, -0.1) is 0 Å². The Bertz CT molecular complexity index is 317. The Morgan fingerprint density at radius 2 is 0.594 bits per heavy atom. The molecule has 0 N–H and O–H groups in total. The van der Waals surface area contributed by atoms with Gasteiger partial charge in [-0.2, -0.15) is 0 Å². The third-order valence-corrected chi connectivity index (χ3v) is 8.07. The van der Waals surface area contributed by atoms with Crippen LogP contribution in [0.4, 0.5) is 0 Å². The smallest absolute Gasteiger partial charge is 0.216 e. The number of nitrogens with zero attached hydrogens (tertiary/aromatic N) is 2. The highest BCUT2D eigenvalue weighted by Gasteiger charge is 2.48. The van der Waals surface area contributed by atoms with E-state index in [1.165, 1.54) is 151 Å². The third-order valence-electron chi connectivity index (χ3n) is 8.07. The second-order valence-electron chi connectivity index (χ2n) is 10.9. The fraction of sp³-hybridized carbons (Fsp3) is 1.00. The molecule has 0 aromatic heterocycles. The lowest BCUT2D eigenvalue weighted by Gasteiger charge is -2.55. The van der Waals surface area contributed by atoms with Crippen molar-refractivity contribution in [2.24, 2.45) is 0 Å². The maximum Gasteiger partial charge on any atom is 0.216 e. The Labute approximate surface area is 205 Å². The van der Waals surface area contributed by atoms with Gasteiger partial charge in [0.2, 0.25) is 6.17 Å². The quantitative estimate of drug-likeness (QED) is 0.0774. The first kappa shape index (κ1) is 31.9. The molecule has 0 spiro atoms. The van der Waals surface area contributed by atoms with Crippen LogP contribution in [0.25, 0.3) is 0 Å². The number of hydrogen-bond donors (Lipinski definition) is 0. The molecule has 0 radical (unpaired) electrons. The molecular formula is C30H66N2+2. The molecule has 0 unspecified atom stereocenters. The molecule has 0 bridgehead atoms. The number of rotatable bonds is 24. The van der Waals surface area contributed by atoms with Gasteiger partial charge in [-0.3, -0.25) is 8.97 Å². The molecule has 0 heterocycles. The van der Waals surface area contributed by atoms with Gasteiger partial charge in [-0.25, -0.2) is 0 Å². The van der Waals surface area contributed by atoms with Gasteiger partial charge in [0.25, 0.3) is 0 Å². The molecule has 0 saturated heterocycles. The minimum absolute atomic E-state index is 0.829. The topological polar surface area (TPSA) is 0 Å². The van der Waals surface area contributed by atoms with Crippen molar-refractivity contribution in [3.05, 3.63) is 0 Å². The molecule has 0 aliphatic heterocycles. The van der Waals surface area contributed by atoms with Gasteiger partial charge in [0.05, 0.1) is 45.7 Å². The maximum atomic E-state index is 2.41. The first-order valence-corrected chi connectivity index (χ1v) is 15.3. The van der Waals surface area contributed by atoms with Gasteiger partial charge >= 0.3 is 0 Å². The fourth-order valence-corrected chi connectivity index (χ4v) is 6.05. The molecule has 0 amide bonds. The molecule has 0 aliphatic rings. The van der Waals surface area contributed by atoms with Crippen LogP contribution in [0.2, 0.25) is 0 Å². The highest BCUT2D eigenvalue weighted by Crippen LogP contribution is 2.33. The highest BCUT2D eigenvalue weighted by atomic mass is 15.6. The Balaban J connectivity index is 6.50. The number of quaternary nitrogens is 2. The molecule has 0 aliphatic carbocycles. The SMILES string of the molecule is CCCCCC([N+](CCCC)(CCCC)CCCC)[N+](CCCC)(CCCC)CCCC. The Hall–Kier alpha value is -0.0800. The molecule has 194 valence electrons. The fourth-order valence-electron chi connectivity index (χ4n) is 6.05. The van der Waals surface area contributed by atoms with E-state index in [2.05, 4.69) is 48.5 Å². The van der Waals surface area contributed by atoms with Gasteiger partial charge in [0.1, 0.15) is 0 Å². The third kappa shape index (κ3) is 11.4. The molecule has 0 aromatic carbocycles. The van der Waals surface area contributed by atoms with Crippen molar-refractivity contribution in [3.8, 4) is 0 Å². The predicted octanol–water partition coefficient (Wildman–Crippen LogP) is 9.33. The lowest BCUT2D eigenvalue weighted by Crippen LogP contribution is -2.71. The van der Waals surface area contributed by atoms with Crippen LogP contribution in [-0.2, 0) is 0 Å². The zero-order valence-corrected chi connectivity index (χ0v) is 24.0. The summed E-state index contributed by atoms with van der Waals surface area (Å²) in [4.78, 5) is 0. The van der Waals surface area contributed by atoms with Gasteiger partial charge in [-0.05, 0) is 44.9 Å². The summed E-state index contributed by atoms with van der Waals surface area (Å²) in [6.45, 7) is 25.4. The summed E-state index contributed by atoms with van der Waals surface area (Å²) in [5.74, 6) is 0. The van der Waals surface area contributed by atoms with E-state index in [0.717, 1.165) is 6.17 Å². The van der Waals surface area contributed by atoms with Crippen LogP contribution in [0.3, 0.4) is 0 Å². The van der Waals surface area contributed by atoms with Gasteiger partial charge < -0.3 is 0 Å². The zero-order chi connectivity index (χ0) is 24.1. The Morgan fingerprint density at radius 3 is 0.812 bits per heavy atom. The van der Waals surface area contributed by atoms with Crippen LogP contribution in [0, 0.1) is 0 Å². The van der Waals surface area contributed by atoms with Gasteiger partial charge in [-0.1, -0.05) is 99.8 Å². The molecular weight excluding hydrogens is 388 g/mol. The molecule has 2 nitrogen and oxygen atoms in total. The summed E-state index contributed by atoms with van der Waals surface area (Å²) >= 11 is 0. The lowest BCUT2D eigenvalue weighted by molar-refractivity contribution is -1.13. The molecule has 0 saturated carbocycles. The van der Waals surface area contributed by atoms with E-state index in [4.69, 9.17) is 0 Å². The van der Waals surface area contributed by atoms with Crippen molar-refractivity contribution < 1.29 is 8.97 Å². The second-order valence-corrected chi connectivity index (χ2v) is 10.9. The van der Waals surface area contributed by atoms with Crippen LogP contribution in [-0.4, -0.2) is 54.4 Å². The lowest BCUT2D eigenvalue weighted by atomic mass is 10.00. The summed E-state index contributed by atoms with van der Waals surface area (Å²) in [5.41, 5.74) is 0. The van der Waals surface area contributed by atoms with Crippen LogP contribution in [0.1, 0.15) is 151 Å². The summed E-state index contributed by atoms with van der Waals surface area (Å²) < 4.78 is 2.88. The maximum absolute atomic E-state index is 2.41. The van der Waals surface area contributed by atoms with E-state index in [1.807, 2.05) is 0 Å². The average Bonchev–Trinajstić information content (AvgIpc) is 2.82. The number of hydrogen-bond acceptors (Lipinski definition) is 0. The monoisotopic (exact) mass is 455 g/mol. The minimum atomic E-state index is 0.829. The van der Waals surface area contributed by atoms with Crippen molar-refractivity contribution in [2.75, 3.05) is 39.3 Å². The summed E-state index contributed by atoms with van der Waals surface area (Å²) in [6, 6.07) is 0. The zero-order valence-electron chi connectivity index (χ0n) is 24.0. The first-order chi connectivity index (χ1) is 15.6. The standard InChI is InChI=1S/C30H66N2/c1-8-15-22-23-30(31(24-16-9-2,25-17-10-3)26-18-11-4)32(27-19-12-5,28-20-13-6)29-21-14-7/h30H,8-29H2,1-7H3/q+2. The van der Waals surface area contributed by atoms with Gasteiger partial charge in [0, 0.05) is 0 Å². The summed E-state index contributed by atoms with van der Waals surface area (Å²) in [7, 11) is 0. The number of unbranched alkanes of at least 4 members (excludes halogenated alkanes) is 8. The largest absolute Gasteiger partial charge is 0.275 e. The average molecular weight is 455 g/mol. The van der Waals surface area contributed by atoms with Crippen molar-refractivity contribution in [1.29, 1.82) is 0 Å². The van der Waals surface area contributed by atoms with Crippen LogP contribution in [0.15, 0.2) is 0 Å². The molecule has 32 heavy (non-hydrogen) atoms. The van der Waals surface area contributed by atoms with Crippen molar-refractivity contribution in [3.63, 3.8) is 0 Å². The Morgan fingerprint density at radius 1 is 0.344 bits per heavy atom. The summed E-state index contributed by atoms with van der Waals surface area (Å²) in [5, 5.41) is 0. The van der Waals surface area contributed by atoms with Crippen LogP contribution in [0.5, 0.6) is 0 Å². The molecule has 0 aromatic rings. The predicted molar refractivity (Wildman–Crippen MR) is 147 cm³/mol.